The van der Waals surface area contributed by atoms with Crippen LogP contribution in [0.2, 0.25) is 0 Å². The van der Waals surface area contributed by atoms with Crippen LogP contribution in [-0.2, 0) is 11.4 Å². The topological polar surface area (TPSA) is 41.9 Å². The summed E-state index contributed by atoms with van der Waals surface area (Å²) in [6.07, 6.45) is 0.211. The molecule has 1 atom stereocenters. The van der Waals surface area contributed by atoms with Crippen molar-refractivity contribution < 1.29 is 18.4 Å². The minimum absolute atomic E-state index is 0.108. The van der Waals surface area contributed by atoms with Crippen LogP contribution in [0.5, 0.6) is 0 Å². The Labute approximate surface area is 171 Å². The van der Waals surface area contributed by atoms with E-state index in [-0.39, 0.29) is 23.6 Å². The van der Waals surface area contributed by atoms with Crippen LogP contribution in [0.25, 0.3) is 0 Å². The molecule has 3 aromatic rings. The molecule has 7 heteroatoms. The molecule has 1 amide bonds. The summed E-state index contributed by atoms with van der Waals surface area (Å²) in [6.45, 7) is 0.672. The monoisotopic (exact) mass is 412 g/mol. The van der Waals surface area contributed by atoms with Crippen LogP contribution in [0.3, 0.4) is 0 Å². The van der Waals surface area contributed by atoms with Gasteiger partial charge in [-0.25, -0.2) is 8.78 Å². The van der Waals surface area contributed by atoms with Crippen molar-refractivity contribution in [2.24, 2.45) is 5.16 Å². The summed E-state index contributed by atoms with van der Waals surface area (Å²) in [4.78, 5) is 20.8. The zero-order chi connectivity index (χ0) is 20.2. The molecule has 1 aromatic heterocycles. The van der Waals surface area contributed by atoms with Crippen molar-refractivity contribution in [3.05, 3.63) is 93.7 Å². The molecular formula is C22H18F2N2O2S. The van der Waals surface area contributed by atoms with Crippen molar-refractivity contribution in [3.8, 4) is 0 Å². The quantitative estimate of drug-likeness (QED) is 0.580. The second-order valence-electron chi connectivity index (χ2n) is 6.77. The highest BCUT2D eigenvalue weighted by Gasteiger charge is 2.27. The van der Waals surface area contributed by atoms with Crippen LogP contribution in [-0.4, -0.2) is 29.2 Å². The van der Waals surface area contributed by atoms with Gasteiger partial charge in [-0.2, -0.15) is 0 Å². The zero-order valence-corrected chi connectivity index (χ0v) is 16.2. The standard InChI is InChI=1S/C22H18F2N2O2S/c23-17-7-3-15(4-8-17)13-26(22(27)21-2-1-11-29-21)14-19-12-20(25-28-19)16-5-9-18(24)10-6-16/h1-11,19H,12-14H2. The predicted octanol–water partition coefficient (Wildman–Crippen LogP) is 4.86. The third-order valence-corrected chi connectivity index (χ3v) is 5.50. The maximum Gasteiger partial charge on any atom is 0.264 e. The molecule has 0 fully saturated rings. The summed E-state index contributed by atoms with van der Waals surface area (Å²) < 4.78 is 26.4. The molecule has 1 unspecified atom stereocenters. The number of hydrogen-bond donors (Lipinski definition) is 0. The molecule has 2 heterocycles. The van der Waals surface area contributed by atoms with Gasteiger partial charge in [0.25, 0.3) is 5.91 Å². The van der Waals surface area contributed by atoms with Crippen LogP contribution < -0.4 is 0 Å². The van der Waals surface area contributed by atoms with Gasteiger partial charge in [0.15, 0.2) is 6.10 Å². The van der Waals surface area contributed by atoms with Crippen LogP contribution in [0.1, 0.15) is 27.2 Å². The fraction of sp³-hybridized carbons (Fsp3) is 0.182. The SMILES string of the molecule is O=C(c1cccs1)N(Cc1ccc(F)cc1)CC1CC(c2ccc(F)cc2)=NO1. The number of halogens is 2. The molecule has 148 valence electrons. The third-order valence-electron chi connectivity index (χ3n) is 4.64. The number of thiophene rings is 1. The highest BCUT2D eigenvalue weighted by atomic mass is 32.1. The molecule has 0 aliphatic carbocycles. The summed E-state index contributed by atoms with van der Waals surface area (Å²) in [7, 11) is 0. The van der Waals surface area contributed by atoms with E-state index in [0.29, 0.717) is 24.4 Å². The highest BCUT2D eigenvalue weighted by molar-refractivity contribution is 7.12. The molecular weight excluding hydrogens is 394 g/mol. The van der Waals surface area contributed by atoms with E-state index in [0.717, 1.165) is 16.8 Å². The van der Waals surface area contributed by atoms with E-state index in [1.165, 1.54) is 35.6 Å². The number of hydrogen-bond acceptors (Lipinski definition) is 4. The molecule has 29 heavy (non-hydrogen) atoms. The van der Waals surface area contributed by atoms with Gasteiger partial charge in [-0.15, -0.1) is 11.3 Å². The smallest absolute Gasteiger partial charge is 0.264 e. The predicted molar refractivity (Wildman–Crippen MR) is 108 cm³/mol. The van der Waals surface area contributed by atoms with E-state index in [9.17, 15) is 13.6 Å². The van der Waals surface area contributed by atoms with Crippen molar-refractivity contribution >= 4 is 23.0 Å². The lowest BCUT2D eigenvalue weighted by molar-refractivity contribution is 0.0408. The van der Waals surface area contributed by atoms with Crippen LogP contribution in [0.15, 0.2) is 71.2 Å². The zero-order valence-electron chi connectivity index (χ0n) is 15.4. The number of nitrogens with zero attached hydrogens (tertiary/aromatic N) is 2. The first-order chi connectivity index (χ1) is 14.1. The number of oxime groups is 1. The van der Waals surface area contributed by atoms with Crippen molar-refractivity contribution in [2.45, 2.75) is 19.1 Å². The van der Waals surface area contributed by atoms with Gasteiger partial charge in [-0.05, 0) is 46.8 Å². The largest absolute Gasteiger partial charge is 0.390 e. The average molecular weight is 412 g/mol. The Morgan fingerprint density at radius 2 is 1.76 bits per heavy atom. The van der Waals surface area contributed by atoms with Gasteiger partial charge >= 0.3 is 0 Å². The summed E-state index contributed by atoms with van der Waals surface area (Å²) >= 11 is 1.37. The number of carbonyl (C=O) groups is 1. The first-order valence-corrected chi connectivity index (χ1v) is 10.0. The maximum atomic E-state index is 13.2. The molecule has 1 aliphatic rings. The van der Waals surface area contributed by atoms with E-state index < -0.39 is 0 Å². The van der Waals surface area contributed by atoms with E-state index in [1.54, 1.807) is 35.2 Å². The molecule has 0 saturated carbocycles. The average Bonchev–Trinajstić information content (AvgIpc) is 3.41. The van der Waals surface area contributed by atoms with E-state index in [1.807, 2.05) is 11.4 Å². The normalized spacial score (nSPS) is 15.7. The highest BCUT2D eigenvalue weighted by Crippen LogP contribution is 2.21. The van der Waals surface area contributed by atoms with Gasteiger partial charge in [-0.3, -0.25) is 4.79 Å². The molecule has 1 aliphatic heterocycles. The van der Waals surface area contributed by atoms with Crippen molar-refractivity contribution in [1.29, 1.82) is 0 Å². The fourth-order valence-corrected chi connectivity index (χ4v) is 3.86. The molecule has 0 N–H and O–H groups in total. The first kappa shape index (κ1) is 19.3. The summed E-state index contributed by atoms with van der Waals surface area (Å²) in [6, 6.07) is 15.8. The van der Waals surface area contributed by atoms with Crippen LogP contribution in [0, 0.1) is 11.6 Å². The van der Waals surface area contributed by atoms with Crippen molar-refractivity contribution in [1.82, 2.24) is 4.90 Å². The summed E-state index contributed by atoms with van der Waals surface area (Å²) in [5.74, 6) is -0.735. The lowest BCUT2D eigenvalue weighted by Gasteiger charge is -2.24. The lowest BCUT2D eigenvalue weighted by Crippen LogP contribution is -2.37. The maximum absolute atomic E-state index is 13.2. The van der Waals surface area contributed by atoms with E-state index in [2.05, 4.69) is 5.16 Å². The third kappa shape index (κ3) is 4.68. The van der Waals surface area contributed by atoms with E-state index in [4.69, 9.17) is 4.84 Å². The van der Waals surface area contributed by atoms with E-state index >= 15 is 0 Å². The minimum atomic E-state index is -0.318. The molecule has 0 saturated heterocycles. The van der Waals surface area contributed by atoms with Gasteiger partial charge in [0.1, 0.15) is 11.6 Å². The van der Waals surface area contributed by atoms with Gasteiger partial charge in [-0.1, -0.05) is 35.5 Å². The molecule has 4 nitrogen and oxygen atoms in total. The molecule has 0 spiro atoms. The van der Waals surface area contributed by atoms with Crippen molar-refractivity contribution in [2.75, 3.05) is 6.54 Å². The Balaban J connectivity index is 1.47. The second-order valence-corrected chi connectivity index (χ2v) is 7.71. The summed E-state index contributed by atoms with van der Waals surface area (Å²) in [5.41, 5.74) is 2.35. The van der Waals surface area contributed by atoms with Gasteiger partial charge < -0.3 is 9.74 Å². The molecule has 4 rings (SSSR count). The Kier molecular flexibility index (Phi) is 5.67. The number of carbonyl (C=O) groups excluding carboxylic acids is 1. The Morgan fingerprint density at radius 3 is 2.41 bits per heavy atom. The number of rotatable bonds is 6. The second kappa shape index (κ2) is 8.53. The van der Waals surface area contributed by atoms with Crippen molar-refractivity contribution in [3.63, 3.8) is 0 Å². The molecule has 2 aromatic carbocycles. The first-order valence-electron chi connectivity index (χ1n) is 9.14. The van der Waals surface area contributed by atoms with Crippen LogP contribution in [0.4, 0.5) is 8.78 Å². The number of amides is 1. The fourth-order valence-electron chi connectivity index (χ4n) is 3.17. The van der Waals surface area contributed by atoms with Gasteiger partial charge in [0.2, 0.25) is 0 Å². The summed E-state index contributed by atoms with van der Waals surface area (Å²) in [5, 5.41) is 5.97. The van der Waals surface area contributed by atoms with Crippen LogP contribution >= 0.6 is 11.3 Å². The Morgan fingerprint density at radius 1 is 1.07 bits per heavy atom. The molecule has 0 radical (unpaired) electrons. The van der Waals surface area contributed by atoms with Gasteiger partial charge in [0, 0.05) is 13.0 Å². The minimum Gasteiger partial charge on any atom is -0.390 e. The Bertz CT molecular complexity index is 1000. The number of benzene rings is 2. The Hall–Kier alpha value is -3.06. The van der Waals surface area contributed by atoms with Gasteiger partial charge in [0.05, 0.1) is 17.1 Å². The molecule has 0 bridgehead atoms. The lowest BCUT2D eigenvalue weighted by atomic mass is 10.0.